The third kappa shape index (κ3) is 2.53. The predicted octanol–water partition coefficient (Wildman–Crippen LogP) is 2.84. The van der Waals surface area contributed by atoms with Crippen LogP contribution in [0.25, 0.3) is 0 Å². The minimum absolute atomic E-state index is 0.105. The Morgan fingerprint density at radius 3 is 2.94 bits per heavy atom. The molecule has 16 heavy (non-hydrogen) atoms. The van der Waals surface area contributed by atoms with Crippen molar-refractivity contribution in [1.82, 2.24) is 0 Å². The zero-order chi connectivity index (χ0) is 11.5. The van der Waals surface area contributed by atoms with Gasteiger partial charge < -0.3 is 10.5 Å². The van der Waals surface area contributed by atoms with E-state index < -0.39 is 0 Å². The molecular formula is C13H19NOS. The largest absolute Gasteiger partial charge is 0.492 e. The summed E-state index contributed by atoms with van der Waals surface area (Å²) in [6.45, 7) is 5.20. The lowest BCUT2D eigenvalue weighted by Gasteiger charge is -2.31. The molecule has 0 fully saturated rings. The summed E-state index contributed by atoms with van der Waals surface area (Å²) in [6.07, 6.45) is 0. The molecule has 0 saturated carbocycles. The van der Waals surface area contributed by atoms with E-state index in [2.05, 4.69) is 19.9 Å². The van der Waals surface area contributed by atoms with Crippen molar-refractivity contribution in [3.8, 4) is 5.75 Å². The Bertz CT molecular complexity index is 354. The average molecular weight is 237 g/mol. The van der Waals surface area contributed by atoms with Crippen molar-refractivity contribution in [2.24, 2.45) is 11.7 Å². The van der Waals surface area contributed by atoms with Gasteiger partial charge in [-0.05, 0) is 17.7 Å². The molecule has 0 spiro atoms. The first kappa shape index (κ1) is 11.8. The van der Waals surface area contributed by atoms with Crippen molar-refractivity contribution in [1.29, 1.82) is 0 Å². The number of benzene rings is 1. The normalized spacial score (nSPS) is 24.0. The molecule has 0 amide bonds. The molecule has 0 aromatic heterocycles. The van der Waals surface area contributed by atoms with Gasteiger partial charge in [0.05, 0.1) is 5.25 Å². The molecule has 2 rings (SSSR count). The molecule has 2 atom stereocenters. The van der Waals surface area contributed by atoms with Crippen LogP contribution in [0.5, 0.6) is 5.75 Å². The van der Waals surface area contributed by atoms with Gasteiger partial charge in [-0.15, -0.1) is 0 Å². The fourth-order valence-corrected chi connectivity index (χ4v) is 2.98. The van der Waals surface area contributed by atoms with Crippen LogP contribution in [0.1, 0.15) is 25.5 Å². The Balaban J connectivity index is 2.06. The molecule has 3 heteroatoms. The Morgan fingerprint density at radius 2 is 2.19 bits per heavy atom. The first-order valence-electron chi connectivity index (χ1n) is 5.77. The number of hydrogen-bond donors (Lipinski definition) is 1. The van der Waals surface area contributed by atoms with E-state index in [9.17, 15) is 0 Å². The predicted molar refractivity (Wildman–Crippen MR) is 69.9 cm³/mol. The summed E-state index contributed by atoms with van der Waals surface area (Å²) in [5, 5.41) is 0.386. The number of hydrogen-bond acceptors (Lipinski definition) is 3. The number of para-hydroxylation sites is 1. The van der Waals surface area contributed by atoms with Crippen LogP contribution in [0.3, 0.4) is 0 Å². The molecule has 0 saturated heterocycles. The highest BCUT2D eigenvalue weighted by atomic mass is 32.2. The monoisotopic (exact) mass is 237 g/mol. The zero-order valence-corrected chi connectivity index (χ0v) is 10.7. The molecule has 1 aromatic rings. The van der Waals surface area contributed by atoms with Crippen LogP contribution in [0.2, 0.25) is 0 Å². The summed E-state index contributed by atoms with van der Waals surface area (Å²) in [7, 11) is 0. The van der Waals surface area contributed by atoms with Gasteiger partial charge in [-0.3, -0.25) is 0 Å². The lowest BCUT2D eigenvalue weighted by atomic mass is 10.0. The van der Waals surface area contributed by atoms with Crippen LogP contribution in [0.4, 0.5) is 0 Å². The highest BCUT2D eigenvalue weighted by molar-refractivity contribution is 8.00. The second-order valence-corrected chi connectivity index (χ2v) is 5.91. The highest BCUT2D eigenvalue weighted by Crippen LogP contribution is 2.35. The smallest absolute Gasteiger partial charge is 0.124 e. The van der Waals surface area contributed by atoms with Gasteiger partial charge in [-0.2, -0.15) is 11.8 Å². The van der Waals surface area contributed by atoms with E-state index in [4.69, 9.17) is 10.5 Å². The molecule has 88 valence electrons. The number of rotatable bonds is 3. The van der Waals surface area contributed by atoms with E-state index in [1.54, 1.807) is 0 Å². The summed E-state index contributed by atoms with van der Waals surface area (Å²) in [5.74, 6) is 2.80. The molecule has 2 N–H and O–H groups in total. The Kier molecular flexibility index (Phi) is 3.77. The summed E-state index contributed by atoms with van der Waals surface area (Å²) in [5.41, 5.74) is 7.42. The van der Waals surface area contributed by atoms with Crippen LogP contribution >= 0.6 is 11.8 Å². The summed E-state index contributed by atoms with van der Waals surface area (Å²) in [4.78, 5) is 0. The maximum atomic E-state index is 6.28. The number of nitrogens with two attached hydrogens (primary N) is 1. The van der Waals surface area contributed by atoms with E-state index in [1.807, 2.05) is 30.0 Å². The van der Waals surface area contributed by atoms with Crippen molar-refractivity contribution in [2.45, 2.75) is 25.1 Å². The SMILES string of the molecule is CC(C)CSC1COc2ccccc2C1N. The first-order valence-corrected chi connectivity index (χ1v) is 6.82. The van der Waals surface area contributed by atoms with Crippen molar-refractivity contribution in [2.75, 3.05) is 12.4 Å². The van der Waals surface area contributed by atoms with Gasteiger partial charge in [0.25, 0.3) is 0 Å². The van der Waals surface area contributed by atoms with Crippen LogP contribution in [0.15, 0.2) is 24.3 Å². The second-order valence-electron chi connectivity index (χ2n) is 4.64. The molecule has 1 heterocycles. The topological polar surface area (TPSA) is 35.2 Å². The highest BCUT2D eigenvalue weighted by Gasteiger charge is 2.28. The van der Waals surface area contributed by atoms with Gasteiger partial charge in [-0.25, -0.2) is 0 Å². The molecule has 1 aromatic carbocycles. The lowest BCUT2D eigenvalue weighted by molar-refractivity contribution is 0.276. The third-order valence-electron chi connectivity index (χ3n) is 2.73. The van der Waals surface area contributed by atoms with Crippen LogP contribution in [0, 0.1) is 5.92 Å². The maximum Gasteiger partial charge on any atom is 0.124 e. The number of fused-ring (bicyclic) bond motifs is 1. The minimum atomic E-state index is 0.105. The molecule has 0 aliphatic carbocycles. The standard InChI is InChI=1S/C13H19NOS/c1-9(2)8-16-12-7-15-11-6-4-3-5-10(11)13(12)14/h3-6,9,12-13H,7-8,14H2,1-2H3. The maximum absolute atomic E-state index is 6.28. The van der Waals surface area contributed by atoms with Gasteiger partial charge in [-0.1, -0.05) is 32.0 Å². The lowest BCUT2D eigenvalue weighted by Crippen LogP contribution is -2.34. The fraction of sp³-hybridized carbons (Fsp3) is 0.538. The van der Waals surface area contributed by atoms with Crippen molar-refractivity contribution in [3.05, 3.63) is 29.8 Å². The van der Waals surface area contributed by atoms with Gasteiger partial charge >= 0.3 is 0 Å². The van der Waals surface area contributed by atoms with Gasteiger partial charge in [0.1, 0.15) is 12.4 Å². The average Bonchev–Trinajstić information content (AvgIpc) is 2.28. The van der Waals surface area contributed by atoms with Crippen LogP contribution in [-0.2, 0) is 0 Å². The number of thioether (sulfide) groups is 1. The third-order valence-corrected chi connectivity index (χ3v) is 4.44. The van der Waals surface area contributed by atoms with Crippen molar-refractivity contribution in [3.63, 3.8) is 0 Å². The van der Waals surface area contributed by atoms with Gasteiger partial charge in [0.15, 0.2) is 0 Å². The molecule has 2 unspecified atom stereocenters. The van der Waals surface area contributed by atoms with Gasteiger partial charge in [0, 0.05) is 11.6 Å². The fourth-order valence-electron chi connectivity index (χ4n) is 1.83. The van der Waals surface area contributed by atoms with E-state index >= 15 is 0 Å². The summed E-state index contributed by atoms with van der Waals surface area (Å²) in [6, 6.07) is 8.19. The van der Waals surface area contributed by atoms with Gasteiger partial charge in [0.2, 0.25) is 0 Å². The summed E-state index contributed by atoms with van der Waals surface area (Å²) < 4.78 is 5.74. The minimum Gasteiger partial charge on any atom is -0.492 e. The van der Waals surface area contributed by atoms with Crippen molar-refractivity contribution >= 4 is 11.8 Å². The number of ether oxygens (including phenoxy) is 1. The van der Waals surface area contributed by atoms with E-state index in [0.717, 1.165) is 23.7 Å². The Labute approximate surface area is 102 Å². The second kappa shape index (κ2) is 5.11. The molecule has 2 nitrogen and oxygen atoms in total. The first-order chi connectivity index (χ1) is 7.68. The quantitative estimate of drug-likeness (QED) is 0.878. The van der Waals surface area contributed by atoms with Crippen LogP contribution in [-0.4, -0.2) is 17.6 Å². The van der Waals surface area contributed by atoms with E-state index in [1.165, 1.54) is 0 Å². The Morgan fingerprint density at radius 1 is 1.44 bits per heavy atom. The van der Waals surface area contributed by atoms with E-state index in [0.29, 0.717) is 11.2 Å². The molecule has 0 bridgehead atoms. The molecule has 1 aliphatic rings. The zero-order valence-electron chi connectivity index (χ0n) is 9.85. The Hall–Kier alpha value is -0.670. The van der Waals surface area contributed by atoms with Crippen LogP contribution < -0.4 is 10.5 Å². The van der Waals surface area contributed by atoms with E-state index in [-0.39, 0.29) is 6.04 Å². The molecule has 0 radical (unpaired) electrons. The summed E-state index contributed by atoms with van der Waals surface area (Å²) >= 11 is 1.93. The van der Waals surface area contributed by atoms with Crippen molar-refractivity contribution < 1.29 is 4.74 Å². The molecular weight excluding hydrogens is 218 g/mol. The molecule has 1 aliphatic heterocycles.